The molecule has 2 aliphatic rings. The largest absolute Gasteiger partial charge is 0.304 e. The Morgan fingerprint density at radius 2 is 1.77 bits per heavy atom. The van der Waals surface area contributed by atoms with Crippen LogP contribution >= 0.6 is 20.2 Å². The Morgan fingerprint density at radius 3 is 2.58 bits per heavy atom. The maximum absolute atomic E-state index is 6.31. The molecule has 0 aromatic heterocycles. The van der Waals surface area contributed by atoms with Crippen molar-refractivity contribution in [1.29, 1.82) is 0 Å². The van der Waals surface area contributed by atoms with E-state index in [0.717, 1.165) is 49.4 Å². The topological polar surface area (TPSA) is 22.1 Å². The second kappa shape index (κ2) is 7.66. The van der Waals surface area contributed by atoms with Gasteiger partial charge in [-0.15, -0.1) is 0 Å². The lowest BCUT2D eigenvalue weighted by molar-refractivity contribution is 0.158. The van der Waals surface area contributed by atoms with Gasteiger partial charge in [-0.3, -0.25) is 14.8 Å². The lowest BCUT2D eigenvalue weighted by Crippen LogP contribution is -2.44. The third kappa shape index (κ3) is 3.65. The van der Waals surface area contributed by atoms with Gasteiger partial charge in [-0.05, 0) is 32.2 Å². The Kier molecular flexibility index (Phi) is 5.28. The van der Waals surface area contributed by atoms with Crippen LogP contribution in [0, 0.1) is 0 Å². The van der Waals surface area contributed by atoms with E-state index in [4.69, 9.17) is 16.6 Å². The summed E-state index contributed by atoms with van der Waals surface area (Å²) in [5.41, 5.74) is 2.38. The molecule has 1 atom stereocenters. The molecule has 2 aromatic carbocycles. The van der Waals surface area contributed by atoms with E-state index in [0.29, 0.717) is 8.58 Å². The number of anilines is 2. The van der Waals surface area contributed by atoms with E-state index in [1.807, 2.05) is 6.07 Å². The summed E-state index contributed by atoms with van der Waals surface area (Å²) in [6.45, 7) is 7.23. The van der Waals surface area contributed by atoms with Crippen LogP contribution in [0.5, 0.6) is 0 Å². The Bertz CT molecular complexity index is 830. The van der Waals surface area contributed by atoms with Crippen LogP contribution in [0.3, 0.4) is 0 Å². The van der Waals surface area contributed by atoms with Crippen molar-refractivity contribution in [2.75, 3.05) is 44.8 Å². The molecule has 2 aliphatic heterocycles. The van der Waals surface area contributed by atoms with Gasteiger partial charge in [0.25, 0.3) is 0 Å². The molecule has 0 N–H and O–H groups in total. The van der Waals surface area contributed by atoms with E-state index in [1.165, 1.54) is 16.3 Å². The number of hydrogen-bond donors (Lipinski definition) is 0. The fourth-order valence-corrected chi connectivity index (χ4v) is 4.89. The fourth-order valence-electron chi connectivity index (χ4n) is 3.46. The van der Waals surface area contributed by atoms with Crippen molar-refractivity contribution in [2.24, 2.45) is 4.99 Å². The predicted molar refractivity (Wildman–Crippen MR) is 115 cm³/mol. The summed E-state index contributed by atoms with van der Waals surface area (Å²) < 4.78 is 0. The van der Waals surface area contributed by atoms with Gasteiger partial charge in [-0.1, -0.05) is 44.4 Å². The molecule has 0 amide bonds. The number of piperazine rings is 1. The van der Waals surface area contributed by atoms with Gasteiger partial charge in [-0.2, -0.15) is 0 Å². The zero-order valence-electron chi connectivity index (χ0n) is 15.2. The second-order valence-electron chi connectivity index (χ2n) is 6.91. The van der Waals surface area contributed by atoms with Crippen molar-refractivity contribution in [3.63, 3.8) is 0 Å². The zero-order valence-corrected chi connectivity index (χ0v) is 17.0. The number of rotatable bonds is 2. The molecule has 0 spiro atoms. The van der Waals surface area contributed by atoms with E-state index < -0.39 is 0 Å². The number of aliphatic imine (C=N–C) groups is 1. The van der Waals surface area contributed by atoms with Crippen LogP contribution in [-0.4, -0.2) is 55.5 Å². The van der Waals surface area contributed by atoms with Gasteiger partial charge in [0.1, 0.15) is 5.84 Å². The molecule has 4 nitrogen and oxygen atoms in total. The van der Waals surface area contributed by atoms with Gasteiger partial charge >= 0.3 is 0 Å². The van der Waals surface area contributed by atoms with Crippen molar-refractivity contribution in [3.8, 4) is 0 Å². The van der Waals surface area contributed by atoms with E-state index in [2.05, 4.69) is 65.1 Å². The summed E-state index contributed by atoms with van der Waals surface area (Å²) in [6, 6.07) is 14.8. The molecule has 1 fully saturated rings. The summed E-state index contributed by atoms with van der Waals surface area (Å²) in [4.78, 5) is 12.0. The van der Waals surface area contributed by atoms with Crippen molar-refractivity contribution in [3.05, 3.63) is 47.5 Å². The highest BCUT2D eigenvalue weighted by atomic mass is 35.5. The normalized spacial score (nSPS) is 19.5. The summed E-state index contributed by atoms with van der Waals surface area (Å²) in [5.74, 6) is 1.02. The number of hydrogen-bond acceptors (Lipinski definition) is 3. The summed E-state index contributed by atoms with van der Waals surface area (Å²) >= 11 is 6.31. The number of halogens is 1. The van der Waals surface area contributed by atoms with Crippen LogP contribution in [0.2, 0.25) is 5.02 Å². The minimum atomic E-state index is 0.651. The van der Waals surface area contributed by atoms with E-state index >= 15 is 0 Å². The van der Waals surface area contributed by atoms with Crippen LogP contribution in [-0.2, 0) is 0 Å². The summed E-state index contributed by atoms with van der Waals surface area (Å²) in [7, 11) is 2.83. The third-order valence-electron chi connectivity index (χ3n) is 5.03. The number of likely N-dealkylation sites (N-methyl/N-ethyl adjacent to an activating group) is 1. The molecule has 1 saturated heterocycles. The Balaban J connectivity index is 1.64. The van der Waals surface area contributed by atoms with Gasteiger partial charge in [-0.25, -0.2) is 0 Å². The first-order valence-corrected chi connectivity index (χ1v) is 10.4. The van der Waals surface area contributed by atoms with Gasteiger partial charge in [0, 0.05) is 41.8 Å². The molecule has 2 heterocycles. The predicted octanol–water partition coefficient (Wildman–Crippen LogP) is 3.04. The molecule has 0 radical (unpaired) electrons. The van der Waals surface area contributed by atoms with Gasteiger partial charge in [0.15, 0.2) is 0 Å². The SMILES string of the molecule is C/C(=N\CN1CCN(C)CC1)N1c2ccccc2Pc2ccc(Cl)cc21. The first-order chi connectivity index (χ1) is 12.6. The van der Waals surface area contributed by atoms with Crippen LogP contribution < -0.4 is 15.5 Å². The molecule has 26 heavy (non-hydrogen) atoms. The van der Waals surface area contributed by atoms with Gasteiger partial charge in [0.05, 0.1) is 18.0 Å². The Labute approximate surface area is 162 Å². The minimum absolute atomic E-state index is 0.651. The highest BCUT2D eigenvalue weighted by molar-refractivity contribution is 7.56. The highest BCUT2D eigenvalue weighted by Gasteiger charge is 2.24. The maximum Gasteiger partial charge on any atom is 0.106 e. The first kappa shape index (κ1) is 17.9. The second-order valence-corrected chi connectivity index (χ2v) is 8.67. The van der Waals surface area contributed by atoms with Crippen LogP contribution in [0.1, 0.15) is 6.92 Å². The lowest BCUT2D eigenvalue weighted by Gasteiger charge is -2.34. The van der Waals surface area contributed by atoms with Crippen molar-refractivity contribution in [1.82, 2.24) is 9.80 Å². The van der Waals surface area contributed by atoms with E-state index in [-0.39, 0.29) is 0 Å². The number of amidine groups is 1. The first-order valence-electron chi connectivity index (χ1n) is 8.99. The van der Waals surface area contributed by atoms with E-state index in [1.54, 1.807) is 0 Å². The Hall–Kier alpha value is -1.45. The standard InChI is InChI=1S/C20H24ClN4P/c1-15(22-14-24-11-9-23(2)10-12-24)25-17-5-3-4-6-19(17)26-20-8-7-16(21)13-18(20)25/h3-8,13,26H,9-12,14H2,1-2H3/b22-15+. The Morgan fingerprint density at radius 1 is 1.04 bits per heavy atom. The molecule has 4 rings (SSSR count). The molecule has 0 saturated carbocycles. The molecule has 0 aliphatic carbocycles. The minimum Gasteiger partial charge on any atom is -0.304 e. The molecular weight excluding hydrogens is 363 g/mol. The summed E-state index contributed by atoms with van der Waals surface area (Å²) in [6.07, 6.45) is 0. The van der Waals surface area contributed by atoms with Gasteiger partial charge in [0.2, 0.25) is 0 Å². The van der Waals surface area contributed by atoms with Crippen molar-refractivity contribution >= 4 is 48.0 Å². The third-order valence-corrected chi connectivity index (χ3v) is 6.65. The molecule has 136 valence electrons. The van der Waals surface area contributed by atoms with Crippen molar-refractivity contribution in [2.45, 2.75) is 6.92 Å². The van der Waals surface area contributed by atoms with Crippen LogP contribution in [0.15, 0.2) is 47.5 Å². The van der Waals surface area contributed by atoms with E-state index in [9.17, 15) is 0 Å². The molecule has 6 heteroatoms. The van der Waals surface area contributed by atoms with Crippen LogP contribution in [0.25, 0.3) is 0 Å². The average Bonchev–Trinajstić information content (AvgIpc) is 2.65. The number of benzene rings is 2. The number of fused-ring (bicyclic) bond motifs is 2. The molecular formula is C20H24ClN4P. The van der Waals surface area contributed by atoms with Gasteiger partial charge < -0.3 is 4.90 Å². The molecule has 2 aromatic rings. The number of para-hydroxylation sites is 1. The fraction of sp³-hybridized carbons (Fsp3) is 0.350. The van der Waals surface area contributed by atoms with Crippen LogP contribution in [0.4, 0.5) is 11.4 Å². The van der Waals surface area contributed by atoms with Crippen molar-refractivity contribution < 1.29 is 0 Å². The quantitative estimate of drug-likeness (QED) is 0.450. The molecule has 1 unspecified atom stereocenters. The summed E-state index contributed by atoms with van der Waals surface area (Å²) in [5, 5.41) is 3.45. The average molecular weight is 387 g/mol. The molecule has 0 bridgehead atoms. The smallest absolute Gasteiger partial charge is 0.106 e. The zero-order chi connectivity index (χ0) is 18.1. The lowest BCUT2D eigenvalue weighted by atomic mass is 10.2. The highest BCUT2D eigenvalue weighted by Crippen LogP contribution is 2.36. The maximum atomic E-state index is 6.31. The monoisotopic (exact) mass is 386 g/mol. The number of nitrogens with zero attached hydrogens (tertiary/aromatic N) is 4.